The summed E-state index contributed by atoms with van der Waals surface area (Å²) in [6.45, 7) is 8.84. The summed E-state index contributed by atoms with van der Waals surface area (Å²) in [5, 5.41) is 4.73. The zero-order valence-corrected chi connectivity index (χ0v) is 15.0. The second-order valence-corrected chi connectivity index (χ2v) is 6.76. The lowest BCUT2D eigenvalue weighted by Crippen LogP contribution is -2.35. The molecule has 5 heteroatoms. The van der Waals surface area contributed by atoms with E-state index in [-0.39, 0.29) is 18.1 Å². The first kappa shape index (κ1) is 16.7. The average molecular weight is 327 g/mol. The Morgan fingerprint density at radius 3 is 2.62 bits per heavy atom. The Labute approximate surface area is 143 Å². The van der Waals surface area contributed by atoms with Crippen LogP contribution < -0.4 is 0 Å². The van der Waals surface area contributed by atoms with E-state index in [2.05, 4.69) is 30.9 Å². The maximum absolute atomic E-state index is 12.0. The van der Waals surface area contributed by atoms with Gasteiger partial charge in [-0.15, -0.1) is 0 Å². The number of likely N-dealkylation sites (N-methyl/N-ethyl adjacent to an activating group) is 1. The van der Waals surface area contributed by atoms with Gasteiger partial charge in [0.1, 0.15) is 12.1 Å². The molecule has 0 spiro atoms. The van der Waals surface area contributed by atoms with Crippen LogP contribution in [-0.4, -0.2) is 39.8 Å². The van der Waals surface area contributed by atoms with Gasteiger partial charge in [0.15, 0.2) is 0 Å². The monoisotopic (exact) mass is 327 g/mol. The van der Waals surface area contributed by atoms with Gasteiger partial charge in [-0.2, -0.15) is 5.10 Å². The Kier molecular flexibility index (Phi) is 4.45. The van der Waals surface area contributed by atoms with Gasteiger partial charge in [-0.3, -0.25) is 9.69 Å². The molecule has 1 fully saturated rings. The zero-order chi connectivity index (χ0) is 17.4. The van der Waals surface area contributed by atoms with Gasteiger partial charge in [-0.25, -0.2) is 4.68 Å². The third-order valence-electron chi connectivity index (χ3n) is 4.87. The van der Waals surface area contributed by atoms with Crippen LogP contribution in [0, 0.1) is 20.8 Å². The molecular formula is C19H25N3O2. The van der Waals surface area contributed by atoms with E-state index in [1.54, 1.807) is 0 Å². The molecule has 1 aliphatic rings. The highest BCUT2D eigenvalue weighted by atomic mass is 16.6. The maximum Gasteiger partial charge on any atom is 0.323 e. The average Bonchev–Trinajstić information content (AvgIpc) is 3.01. The van der Waals surface area contributed by atoms with E-state index in [1.807, 2.05) is 37.7 Å². The number of carbonyl (C=O) groups is 1. The minimum absolute atomic E-state index is 0.00170. The van der Waals surface area contributed by atoms with Crippen LogP contribution in [0.15, 0.2) is 24.3 Å². The molecule has 0 radical (unpaired) electrons. The maximum atomic E-state index is 12.0. The minimum Gasteiger partial charge on any atom is -0.461 e. The third kappa shape index (κ3) is 2.96. The fourth-order valence-corrected chi connectivity index (χ4v) is 3.39. The van der Waals surface area contributed by atoms with Gasteiger partial charge < -0.3 is 4.74 Å². The van der Waals surface area contributed by atoms with Gasteiger partial charge in [0.2, 0.25) is 0 Å². The Hall–Kier alpha value is -2.14. The van der Waals surface area contributed by atoms with E-state index >= 15 is 0 Å². The van der Waals surface area contributed by atoms with Crippen molar-refractivity contribution in [1.29, 1.82) is 0 Å². The molecule has 2 atom stereocenters. The predicted octanol–water partition coefficient (Wildman–Crippen LogP) is 2.93. The normalized spacial score (nSPS) is 20.7. The van der Waals surface area contributed by atoms with Crippen molar-refractivity contribution in [2.24, 2.45) is 0 Å². The van der Waals surface area contributed by atoms with E-state index in [0.29, 0.717) is 6.54 Å². The lowest BCUT2D eigenvalue weighted by Gasteiger charge is -2.21. The number of aromatic nitrogens is 2. The lowest BCUT2D eigenvalue weighted by molar-refractivity contribution is -0.144. The van der Waals surface area contributed by atoms with Crippen molar-refractivity contribution >= 4 is 5.97 Å². The van der Waals surface area contributed by atoms with Crippen LogP contribution in [0.25, 0.3) is 5.69 Å². The molecule has 2 heterocycles. The van der Waals surface area contributed by atoms with Crippen LogP contribution in [0.4, 0.5) is 0 Å². The number of ether oxygens (including phenoxy) is 1. The predicted molar refractivity (Wildman–Crippen MR) is 93.2 cm³/mol. The quantitative estimate of drug-likeness (QED) is 0.810. The van der Waals surface area contributed by atoms with Crippen LogP contribution >= 0.6 is 0 Å². The second kappa shape index (κ2) is 6.40. The molecular weight excluding hydrogens is 302 g/mol. The fourth-order valence-electron chi connectivity index (χ4n) is 3.39. The van der Waals surface area contributed by atoms with E-state index in [9.17, 15) is 4.79 Å². The van der Waals surface area contributed by atoms with Crippen molar-refractivity contribution in [2.45, 2.75) is 52.8 Å². The van der Waals surface area contributed by atoms with Gasteiger partial charge in [-0.1, -0.05) is 18.2 Å². The number of rotatable bonds is 4. The first-order chi connectivity index (χ1) is 11.4. The number of hydrogen-bond donors (Lipinski definition) is 0. The molecule has 0 saturated carbocycles. The summed E-state index contributed by atoms with van der Waals surface area (Å²) in [7, 11) is 1.98. The van der Waals surface area contributed by atoms with Crippen molar-refractivity contribution in [1.82, 2.24) is 14.7 Å². The summed E-state index contributed by atoms with van der Waals surface area (Å²) in [4.78, 5) is 14.0. The van der Waals surface area contributed by atoms with Crippen LogP contribution in [0.3, 0.4) is 0 Å². The molecule has 0 amide bonds. The first-order valence-corrected chi connectivity index (χ1v) is 8.40. The number of esters is 1. The van der Waals surface area contributed by atoms with E-state index in [1.165, 1.54) is 11.1 Å². The number of aryl methyl sites for hydroxylation is 2. The molecule has 1 aromatic carbocycles. The summed E-state index contributed by atoms with van der Waals surface area (Å²) >= 11 is 0. The highest BCUT2D eigenvalue weighted by Gasteiger charge is 2.35. The molecule has 0 unspecified atom stereocenters. The Morgan fingerprint density at radius 1 is 1.29 bits per heavy atom. The minimum atomic E-state index is -0.166. The fraction of sp³-hybridized carbons (Fsp3) is 0.474. The van der Waals surface area contributed by atoms with Gasteiger partial charge in [0.25, 0.3) is 0 Å². The standard InChI is InChI=1S/C19H25N3O2/c1-12-8-6-7-9-17(12)22-15(4)16(14(3)20-22)11-21(5)18-10-13(2)24-19(18)23/h6-9,13,18H,10-11H2,1-5H3/t13-,18-/m1/s1. The molecule has 0 N–H and O–H groups in total. The highest BCUT2D eigenvalue weighted by Crippen LogP contribution is 2.24. The molecule has 24 heavy (non-hydrogen) atoms. The van der Waals surface area contributed by atoms with Crippen molar-refractivity contribution < 1.29 is 9.53 Å². The smallest absolute Gasteiger partial charge is 0.323 e. The summed E-state index contributed by atoms with van der Waals surface area (Å²) in [6, 6.07) is 8.07. The molecule has 0 bridgehead atoms. The van der Waals surface area contributed by atoms with Gasteiger partial charge in [0, 0.05) is 24.2 Å². The summed E-state index contributed by atoms with van der Waals surface area (Å²) < 4.78 is 7.29. The zero-order valence-electron chi connectivity index (χ0n) is 15.0. The molecule has 1 aliphatic heterocycles. The summed E-state index contributed by atoms with van der Waals surface area (Å²) in [5.74, 6) is -0.119. The largest absolute Gasteiger partial charge is 0.461 e. The molecule has 2 aromatic rings. The van der Waals surface area contributed by atoms with E-state index in [0.717, 1.165) is 23.5 Å². The number of carbonyl (C=O) groups excluding carboxylic acids is 1. The molecule has 0 aliphatic carbocycles. The lowest BCUT2D eigenvalue weighted by atomic mass is 10.1. The van der Waals surface area contributed by atoms with E-state index < -0.39 is 0 Å². The number of cyclic esters (lactones) is 1. The number of para-hydroxylation sites is 1. The summed E-state index contributed by atoms with van der Waals surface area (Å²) in [5.41, 5.74) is 5.58. The molecule has 128 valence electrons. The first-order valence-electron chi connectivity index (χ1n) is 8.40. The Balaban J connectivity index is 1.87. The highest BCUT2D eigenvalue weighted by molar-refractivity contribution is 5.77. The van der Waals surface area contributed by atoms with Crippen molar-refractivity contribution in [2.75, 3.05) is 7.05 Å². The van der Waals surface area contributed by atoms with Crippen LogP contribution in [0.2, 0.25) is 0 Å². The molecule has 3 rings (SSSR count). The van der Waals surface area contributed by atoms with Crippen molar-refractivity contribution in [3.63, 3.8) is 0 Å². The number of hydrogen-bond acceptors (Lipinski definition) is 4. The van der Waals surface area contributed by atoms with Crippen LogP contribution in [-0.2, 0) is 16.1 Å². The number of benzene rings is 1. The molecule has 1 saturated heterocycles. The Bertz CT molecular complexity index is 766. The molecule has 1 aromatic heterocycles. The van der Waals surface area contributed by atoms with Crippen LogP contribution in [0.1, 0.15) is 35.9 Å². The SMILES string of the molecule is Cc1ccccc1-n1nc(C)c(CN(C)[C@@H]2C[C@@H](C)OC2=O)c1C. The van der Waals surface area contributed by atoms with E-state index in [4.69, 9.17) is 9.84 Å². The van der Waals surface area contributed by atoms with Gasteiger partial charge in [0.05, 0.1) is 11.4 Å². The second-order valence-electron chi connectivity index (χ2n) is 6.76. The van der Waals surface area contributed by atoms with Crippen LogP contribution in [0.5, 0.6) is 0 Å². The van der Waals surface area contributed by atoms with Crippen molar-refractivity contribution in [3.05, 3.63) is 46.8 Å². The third-order valence-corrected chi connectivity index (χ3v) is 4.87. The van der Waals surface area contributed by atoms with Gasteiger partial charge in [-0.05, 0) is 46.4 Å². The van der Waals surface area contributed by atoms with Crippen molar-refractivity contribution in [3.8, 4) is 5.69 Å². The topological polar surface area (TPSA) is 47.4 Å². The summed E-state index contributed by atoms with van der Waals surface area (Å²) in [6.07, 6.45) is 0.751. The van der Waals surface area contributed by atoms with Gasteiger partial charge >= 0.3 is 5.97 Å². The molecule has 5 nitrogen and oxygen atoms in total. The number of nitrogens with zero attached hydrogens (tertiary/aromatic N) is 3. The Morgan fingerprint density at radius 2 is 2.00 bits per heavy atom.